The Bertz CT molecular complexity index is 236. The molecule has 0 bridgehead atoms. The highest BCUT2D eigenvalue weighted by atomic mass is 16.1. The Kier molecular flexibility index (Phi) is 8.20. The average molecular weight is 257 g/mol. The van der Waals surface area contributed by atoms with Crippen molar-refractivity contribution in [3.63, 3.8) is 0 Å². The number of hydrogen-bond donors (Lipinski definition) is 2. The summed E-state index contributed by atoms with van der Waals surface area (Å²) in [5, 5.41) is 2.95. The molecule has 4 nitrogen and oxygen atoms in total. The zero-order valence-corrected chi connectivity index (χ0v) is 12.8. The lowest BCUT2D eigenvalue weighted by atomic mass is 9.85. The Morgan fingerprint density at radius 2 is 1.89 bits per heavy atom. The summed E-state index contributed by atoms with van der Waals surface area (Å²) in [5.74, 6) is 0.0602. The minimum atomic E-state index is -0.0876. The van der Waals surface area contributed by atoms with Crippen LogP contribution in [0.4, 0.5) is 0 Å². The number of nitrogens with two attached hydrogens (primary N) is 1. The number of rotatable bonds is 8. The number of carbonyl (C=O) groups excluding carboxylic acids is 1. The maximum atomic E-state index is 11.7. The van der Waals surface area contributed by atoms with Crippen LogP contribution in [0.25, 0.3) is 0 Å². The van der Waals surface area contributed by atoms with Crippen LogP contribution in [0.1, 0.15) is 47.5 Å². The predicted octanol–water partition coefficient (Wildman–Crippen LogP) is 1.60. The molecule has 108 valence electrons. The second kappa shape index (κ2) is 8.48. The van der Waals surface area contributed by atoms with Gasteiger partial charge in [0, 0.05) is 25.6 Å². The number of hydrogen-bond acceptors (Lipinski definition) is 3. The topological polar surface area (TPSA) is 58.4 Å². The van der Waals surface area contributed by atoms with Crippen LogP contribution in [0, 0.1) is 5.41 Å². The van der Waals surface area contributed by atoms with Crippen molar-refractivity contribution >= 4 is 5.91 Å². The van der Waals surface area contributed by atoms with Crippen LogP contribution in [-0.4, -0.2) is 43.0 Å². The fourth-order valence-electron chi connectivity index (χ4n) is 1.68. The third-order valence-electron chi connectivity index (χ3n) is 3.25. The van der Waals surface area contributed by atoms with Gasteiger partial charge in [-0.1, -0.05) is 34.6 Å². The summed E-state index contributed by atoms with van der Waals surface area (Å²) in [6.07, 6.45) is 1.56. The number of amides is 1. The Hall–Kier alpha value is -0.610. The quantitative estimate of drug-likeness (QED) is 0.694. The molecule has 0 aliphatic rings. The van der Waals surface area contributed by atoms with Crippen molar-refractivity contribution < 1.29 is 4.79 Å². The molecule has 18 heavy (non-hydrogen) atoms. The van der Waals surface area contributed by atoms with Crippen LogP contribution in [0.2, 0.25) is 0 Å². The van der Waals surface area contributed by atoms with Gasteiger partial charge in [0.05, 0.1) is 0 Å². The predicted molar refractivity (Wildman–Crippen MR) is 77.5 cm³/mol. The fraction of sp³-hybridized carbons (Fsp3) is 0.929. The summed E-state index contributed by atoms with van der Waals surface area (Å²) in [6.45, 7) is 14.3. The van der Waals surface area contributed by atoms with Gasteiger partial charge in [-0.05, 0) is 24.9 Å². The third-order valence-corrected chi connectivity index (χ3v) is 3.25. The molecule has 0 radical (unpaired) electrons. The van der Waals surface area contributed by atoms with Gasteiger partial charge in [0.25, 0.3) is 0 Å². The molecule has 0 rings (SSSR count). The number of nitrogens with one attached hydrogen (secondary N) is 1. The number of carbonyl (C=O) groups is 1. The minimum absolute atomic E-state index is 0.0188. The minimum Gasteiger partial charge on any atom is -0.355 e. The van der Waals surface area contributed by atoms with E-state index >= 15 is 0 Å². The van der Waals surface area contributed by atoms with Crippen LogP contribution < -0.4 is 11.1 Å². The summed E-state index contributed by atoms with van der Waals surface area (Å²) in [7, 11) is 0. The lowest BCUT2D eigenvalue weighted by Gasteiger charge is -2.26. The van der Waals surface area contributed by atoms with Crippen molar-refractivity contribution in [1.29, 1.82) is 0 Å². The zero-order valence-electron chi connectivity index (χ0n) is 12.8. The summed E-state index contributed by atoms with van der Waals surface area (Å²) >= 11 is 0. The van der Waals surface area contributed by atoms with Gasteiger partial charge >= 0.3 is 0 Å². The molecule has 1 amide bonds. The molecule has 0 heterocycles. The Balaban J connectivity index is 3.84. The molecular weight excluding hydrogens is 226 g/mol. The normalized spacial score (nSPS) is 13.7. The van der Waals surface area contributed by atoms with Gasteiger partial charge in [0.15, 0.2) is 0 Å². The van der Waals surface area contributed by atoms with Crippen molar-refractivity contribution in [2.24, 2.45) is 11.1 Å². The first-order chi connectivity index (χ1) is 8.31. The van der Waals surface area contributed by atoms with Crippen molar-refractivity contribution in [1.82, 2.24) is 10.2 Å². The zero-order chi connectivity index (χ0) is 14.2. The van der Waals surface area contributed by atoms with Gasteiger partial charge in [-0.2, -0.15) is 0 Å². The highest BCUT2D eigenvalue weighted by Crippen LogP contribution is 2.19. The number of nitrogens with zero attached hydrogens (tertiary/aromatic N) is 1. The maximum absolute atomic E-state index is 11.7. The molecule has 0 aromatic carbocycles. The maximum Gasteiger partial charge on any atom is 0.221 e. The van der Waals surface area contributed by atoms with Gasteiger partial charge in [-0.25, -0.2) is 0 Å². The first-order valence-corrected chi connectivity index (χ1v) is 7.05. The van der Waals surface area contributed by atoms with Crippen molar-refractivity contribution in [2.75, 3.05) is 26.2 Å². The highest BCUT2D eigenvalue weighted by Gasteiger charge is 2.22. The second-order valence-corrected chi connectivity index (χ2v) is 5.96. The molecule has 1 unspecified atom stereocenters. The van der Waals surface area contributed by atoms with E-state index in [0.29, 0.717) is 13.0 Å². The molecule has 1 atom stereocenters. The van der Waals surface area contributed by atoms with E-state index in [9.17, 15) is 4.79 Å². The average Bonchev–Trinajstić information content (AvgIpc) is 2.26. The van der Waals surface area contributed by atoms with E-state index < -0.39 is 0 Å². The third kappa shape index (κ3) is 7.67. The first kappa shape index (κ1) is 17.4. The molecule has 0 fully saturated rings. The smallest absolute Gasteiger partial charge is 0.221 e. The van der Waals surface area contributed by atoms with Crippen molar-refractivity contribution in [3.8, 4) is 0 Å². The molecule has 3 N–H and O–H groups in total. The molecule has 0 aliphatic carbocycles. The van der Waals surface area contributed by atoms with Gasteiger partial charge < -0.3 is 16.0 Å². The summed E-state index contributed by atoms with van der Waals surface area (Å²) in [4.78, 5) is 14.1. The fourth-order valence-corrected chi connectivity index (χ4v) is 1.68. The SMILES string of the molecule is CCCN(CC)CCNC(=O)CC(N)C(C)(C)C. The standard InChI is InChI=1S/C14H31N3O/c1-6-9-17(7-2)10-8-16-13(18)11-12(15)14(3,4)5/h12H,6-11,15H2,1-5H3,(H,16,18). The van der Waals surface area contributed by atoms with Crippen LogP contribution in [0.3, 0.4) is 0 Å². The molecule has 0 saturated heterocycles. The molecular formula is C14H31N3O. The summed E-state index contributed by atoms with van der Waals surface area (Å²) in [6, 6.07) is -0.0876. The van der Waals surface area contributed by atoms with Crippen molar-refractivity contribution in [2.45, 2.75) is 53.5 Å². The van der Waals surface area contributed by atoms with Crippen molar-refractivity contribution in [3.05, 3.63) is 0 Å². The molecule has 0 aliphatic heterocycles. The van der Waals surface area contributed by atoms with E-state index in [2.05, 4.69) is 44.8 Å². The molecule has 0 spiro atoms. The summed E-state index contributed by atoms with van der Waals surface area (Å²) in [5.41, 5.74) is 5.97. The monoisotopic (exact) mass is 257 g/mol. The Morgan fingerprint density at radius 1 is 1.28 bits per heavy atom. The lowest BCUT2D eigenvalue weighted by Crippen LogP contribution is -2.42. The molecule has 0 aromatic rings. The van der Waals surface area contributed by atoms with E-state index in [-0.39, 0.29) is 17.4 Å². The summed E-state index contributed by atoms with van der Waals surface area (Å²) < 4.78 is 0. The first-order valence-electron chi connectivity index (χ1n) is 7.05. The van der Waals surface area contributed by atoms with Gasteiger partial charge in [0.2, 0.25) is 5.91 Å². The van der Waals surface area contributed by atoms with Crippen LogP contribution in [-0.2, 0) is 4.79 Å². The van der Waals surface area contributed by atoms with Gasteiger partial charge in [-0.15, -0.1) is 0 Å². The van der Waals surface area contributed by atoms with Crippen LogP contribution in [0.5, 0.6) is 0 Å². The van der Waals surface area contributed by atoms with E-state index in [0.717, 1.165) is 26.1 Å². The van der Waals surface area contributed by atoms with E-state index in [4.69, 9.17) is 5.73 Å². The van der Waals surface area contributed by atoms with E-state index in [1.54, 1.807) is 0 Å². The molecule has 0 aromatic heterocycles. The Labute approximate surface area is 112 Å². The lowest BCUT2D eigenvalue weighted by molar-refractivity contribution is -0.122. The highest BCUT2D eigenvalue weighted by molar-refractivity contribution is 5.76. The van der Waals surface area contributed by atoms with E-state index in [1.165, 1.54) is 0 Å². The van der Waals surface area contributed by atoms with Crippen LogP contribution >= 0.6 is 0 Å². The Morgan fingerprint density at radius 3 is 2.33 bits per heavy atom. The largest absolute Gasteiger partial charge is 0.355 e. The number of likely N-dealkylation sites (N-methyl/N-ethyl adjacent to an activating group) is 1. The van der Waals surface area contributed by atoms with Gasteiger partial charge in [0.1, 0.15) is 0 Å². The molecule has 0 saturated carbocycles. The van der Waals surface area contributed by atoms with Gasteiger partial charge in [-0.3, -0.25) is 4.79 Å². The van der Waals surface area contributed by atoms with E-state index in [1.807, 2.05) is 0 Å². The molecule has 4 heteroatoms. The van der Waals surface area contributed by atoms with Crippen LogP contribution in [0.15, 0.2) is 0 Å². The second-order valence-electron chi connectivity index (χ2n) is 5.96.